The number of carbonyl (C=O) groups excluding carboxylic acids is 1. The van der Waals surface area contributed by atoms with E-state index >= 15 is 0 Å². The van der Waals surface area contributed by atoms with Crippen molar-refractivity contribution in [3.63, 3.8) is 0 Å². The Balaban J connectivity index is 1.82. The number of benzene rings is 1. The topological polar surface area (TPSA) is 75.4 Å². The van der Waals surface area contributed by atoms with Gasteiger partial charge in [0.05, 0.1) is 0 Å². The molecule has 24 heavy (non-hydrogen) atoms. The molecular weight excluding hydrogens is 374 g/mol. The highest BCUT2D eigenvalue weighted by Gasteiger charge is 2.35. The molecule has 2 heterocycles. The minimum atomic E-state index is -0.956. The molecule has 2 aromatic rings. The Kier molecular flexibility index (Phi) is 4.71. The van der Waals surface area contributed by atoms with Crippen LogP contribution in [-0.2, 0) is 4.79 Å². The molecule has 2 unspecified atom stereocenters. The fraction of sp³-hybridized carbons (Fsp3) is 0.353. The Morgan fingerprint density at radius 3 is 2.67 bits per heavy atom. The molecule has 1 saturated heterocycles. The lowest BCUT2D eigenvalue weighted by Gasteiger charge is -2.35. The fourth-order valence-electron chi connectivity index (χ4n) is 2.95. The molecule has 6 nitrogen and oxygen atoms in total. The number of rotatable bonds is 3. The van der Waals surface area contributed by atoms with Crippen LogP contribution in [0.5, 0.6) is 0 Å². The van der Waals surface area contributed by atoms with Crippen molar-refractivity contribution in [2.75, 3.05) is 6.54 Å². The molecule has 1 aliphatic heterocycles. The number of likely N-dealkylation sites (tertiary alicyclic amines) is 1. The van der Waals surface area contributed by atoms with Crippen molar-refractivity contribution in [3.8, 4) is 5.69 Å². The van der Waals surface area contributed by atoms with Crippen molar-refractivity contribution < 1.29 is 14.7 Å². The number of hydrogen-bond acceptors (Lipinski definition) is 3. The predicted octanol–water partition coefficient (Wildman–Crippen LogP) is 2.96. The third kappa shape index (κ3) is 3.36. The predicted molar refractivity (Wildman–Crippen MR) is 92.1 cm³/mol. The van der Waals surface area contributed by atoms with Gasteiger partial charge in [-0.3, -0.25) is 4.79 Å². The number of nitrogens with zero attached hydrogens (tertiary/aromatic N) is 3. The minimum Gasteiger partial charge on any atom is -0.480 e. The number of amides is 1. The highest BCUT2D eigenvalue weighted by atomic mass is 79.9. The Hall–Kier alpha value is -2.15. The molecule has 126 valence electrons. The first-order valence-electron chi connectivity index (χ1n) is 7.79. The number of carbonyl (C=O) groups is 2. The van der Waals surface area contributed by atoms with E-state index in [0.717, 1.165) is 16.6 Å². The van der Waals surface area contributed by atoms with Crippen LogP contribution < -0.4 is 0 Å². The molecule has 1 amide bonds. The van der Waals surface area contributed by atoms with Crippen molar-refractivity contribution in [2.24, 2.45) is 5.92 Å². The molecule has 7 heteroatoms. The number of piperidine rings is 1. The number of halogens is 1. The maximum atomic E-state index is 12.7. The van der Waals surface area contributed by atoms with E-state index in [1.807, 2.05) is 31.2 Å². The van der Waals surface area contributed by atoms with E-state index in [2.05, 4.69) is 20.9 Å². The van der Waals surface area contributed by atoms with Gasteiger partial charge in [-0.1, -0.05) is 22.9 Å². The highest BCUT2D eigenvalue weighted by molar-refractivity contribution is 9.10. The van der Waals surface area contributed by atoms with Crippen molar-refractivity contribution in [1.82, 2.24) is 14.5 Å². The van der Waals surface area contributed by atoms with Gasteiger partial charge in [0.15, 0.2) is 0 Å². The molecule has 0 saturated carbocycles. The summed E-state index contributed by atoms with van der Waals surface area (Å²) in [5.74, 6) is -0.983. The number of hydrogen-bond donors (Lipinski definition) is 1. The molecule has 1 aromatic heterocycles. The summed E-state index contributed by atoms with van der Waals surface area (Å²) in [5.41, 5.74) is 1.14. The molecule has 1 N–H and O–H groups in total. The van der Waals surface area contributed by atoms with Gasteiger partial charge in [0.2, 0.25) is 0 Å². The summed E-state index contributed by atoms with van der Waals surface area (Å²) in [4.78, 5) is 29.8. The van der Waals surface area contributed by atoms with Crippen LogP contribution in [0.1, 0.15) is 30.3 Å². The quantitative estimate of drug-likeness (QED) is 0.872. The lowest BCUT2D eigenvalue weighted by atomic mass is 9.92. The molecule has 1 aliphatic rings. The van der Waals surface area contributed by atoms with Gasteiger partial charge in [0.1, 0.15) is 18.1 Å². The third-order valence-corrected chi connectivity index (χ3v) is 4.87. The van der Waals surface area contributed by atoms with Gasteiger partial charge in [-0.15, -0.1) is 0 Å². The van der Waals surface area contributed by atoms with Crippen molar-refractivity contribution in [1.29, 1.82) is 0 Å². The van der Waals surface area contributed by atoms with Crippen LogP contribution in [0.2, 0.25) is 0 Å². The van der Waals surface area contributed by atoms with Gasteiger partial charge in [0, 0.05) is 22.9 Å². The fourth-order valence-corrected chi connectivity index (χ4v) is 3.22. The molecule has 1 aromatic carbocycles. The van der Waals surface area contributed by atoms with Crippen molar-refractivity contribution >= 4 is 27.8 Å². The standard InChI is InChI=1S/C17H18BrN3O3/c1-11-6-7-21(15(8-11)17(23)24)16(22)14-9-20(10-19-14)13-4-2-12(18)3-5-13/h2-5,9-11,15H,6-8H2,1H3,(H,23,24). The first-order valence-corrected chi connectivity index (χ1v) is 8.58. The van der Waals surface area contributed by atoms with Gasteiger partial charge >= 0.3 is 5.97 Å². The van der Waals surface area contributed by atoms with Crippen LogP contribution in [0.3, 0.4) is 0 Å². The summed E-state index contributed by atoms with van der Waals surface area (Å²) in [6.07, 6.45) is 4.50. The van der Waals surface area contributed by atoms with Crippen LogP contribution in [0.25, 0.3) is 5.69 Å². The van der Waals surface area contributed by atoms with E-state index in [-0.39, 0.29) is 11.6 Å². The zero-order chi connectivity index (χ0) is 17.3. The summed E-state index contributed by atoms with van der Waals surface area (Å²) in [6.45, 7) is 2.46. The molecule has 1 fully saturated rings. The number of aromatic nitrogens is 2. The van der Waals surface area contributed by atoms with Gasteiger partial charge in [-0.2, -0.15) is 0 Å². The maximum Gasteiger partial charge on any atom is 0.326 e. The monoisotopic (exact) mass is 391 g/mol. The highest BCUT2D eigenvalue weighted by Crippen LogP contribution is 2.24. The van der Waals surface area contributed by atoms with Crippen LogP contribution in [0.4, 0.5) is 0 Å². The third-order valence-electron chi connectivity index (χ3n) is 4.34. The van der Waals surface area contributed by atoms with Gasteiger partial charge in [-0.25, -0.2) is 9.78 Å². The maximum absolute atomic E-state index is 12.7. The number of carboxylic acid groups (broad SMARTS) is 1. The molecule has 0 spiro atoms. The molecule has 0 aliphatic carbocycles. The first-order chi connectivity index (χ1) is 11.5. The minimum absolute atomic E-state index is 0.263. The van der Waals surface area contributed by atoms with Crippen molar-refractivity contribution in [2.45, 2.75) is 25.8 Å². The zero-order valence-corrected chi connectivity index (χ0v) is 14.8. The van der Waals surface area contributed by atoms with E-state index < -0.39 is 12.0 Å². The lowest BCUT2D eigenvalue weighted by Crippen LogP contribution is -2.49. The summed E-state index contributed by atoms with van der Waals surface area (Å²) < 4.78 is 2.72. The molecule has 0 radical (unpaired) electrons. The smallest absolute Gasteiger partial charge is 0.326 e. The van der Waals surface area contributed by atoms with E-state index in [4.69, 9.17) is 0 Å². The Bertz CT molecular complexity index is 757. The Morgan fingerprint density at radius 1 is 1.29 bits per heavy atom. The zero-order valence-electron chi connectivity index (χ0n) is 13.2. The normalized spacial score (nSPS) is 20.8. The lowest BCUT2D eigenvalue weighted by molar-refractivity contribution is -0.144. The Labute approximate surface area is 148 Å². The van der Waals surface area contributed by atoms with Crippen LogP contribution in [0, 0.1) is 5.92 Å². The van der Waals surface area contributed by atoms with Gasteiger partial charge < -0.3 is 14.6 Å². The first kappa shape index (κ1) is 16.7. The van der Waals surface area contributed by atoms with Crippen LogP contribution in [-0.4, -0.2) is 44.0 Å². The van der Waals surface area contributed by atoms with E-state index in [1.165, 1.54) is 4.90 Å². The number of carboxylic acids is 1. The van der Waals surface area contributed by atoms with E-state index in [1.54, 1.807) is 17.1 Å². The van der Waals surface area contributed by atoms with E-state index in [0.29, 0.717) is 18.9 Å². The molecule has 2 atom stereocenters. The average Bonchev–Trinajstić information content (AvgIpc) is 3.04. The number of aliphatic carboxylic acids is 1. The second-order valence-corrected chi connectivity index (χ2v) is 7.04. The summed E-state index contributed by atoms with van der Waals surface area (Å²) in [7, 11) is 0. The SMILES string of the molecule is CC1CCN(C(=O)c2cn(-c3ccc(Br)cc3)cn2)C(C(=O)O)C1. The Morgan fingerprint density at radius 2 is 2.00 bits per heavy atom. The molecular formula is C17H18BrN3O3. The second-order valence-electron chi connectivity index (χ2n) is 6.12. The summed E-state index contributed by atoms with van der Waals surface area (Å²) in [5, 5.41) is 9.41. The average molecular weight is 392 g/mol. The summed E-state index contributed by atoms with van der Waals surface area (Å²) in [6, 6.07) is 6.84. The largest absolute Gasteiger partial charge is 0.480 e. The molecule has 3 rings (SSSR count). The summed E-state index contributed by atoms with van der Waals surface area (Å²) >= 11 is 3.38. The van der Waals surface area contributed by atoms with Crippen molar-refractivity contribution in [3.05, 3.63) is 47.0 Å². The van der Waals surface area contributed by atoms with Crippen LogP contribution >= 0.6 is 15.9 Å². The second kappa shape index (κ2) is 6.76. The van der Waals surface area contributed by atoms with Gasteiger partial charge in [0.25, 0.3) is 5.91 Å². The van der Waals surface area contributed by atoms with E-state index in [9.17, 15) is 14.7 Å². The van der Waals surface area contributed by atoms with Gasteiger partial charge in [-0.05, 0) is 43.0 Å². The van der Waals surface area contributed by atoms with Crippen LogP contribution in [0.15, 0.2) is 41.3 Å². The molecule has 0 bridgehead atoms. The number of imidazole rings is 1.